The summed E-state index contributed by atoms with van der Waals surface area (Å²) in [5, 5.41) is 5.39. The molecule has 0 saturated carbocycles. The van der Waals surface area contributed by atoms with Gasteiger partial charge >= 0.3 is 0 Å². The number of aryl methyl sites for hydroxylation is 2. The summed E-state index contributed by atoms with van der Waals surface area (Å²) in [6.45, 7) is 0.236. The van der Waals surface area contributed by atoms with Gasteiger partial charge in [0.1, 0.15) is 5.56 Å². The lowest BCUT2D eigenvalue weighted by Crippen LogP contribution is -2.32. The Morgan fingerprint density at radius 3 is 2.50 bits per heavy atom. The van der Waals surface area contributed by atoms with Gasteiger partial charge in [-0.15, -0.1) is 0 Å². The van der Waals surface area contributed by atoms with Crippen molar-refractivity contribution >= 4 is 29.1 Å². The quantitative estimate of drug-likeness (QED) is 0.727. The molecule has 0 bridgehead atoms. The van der Waals surface area contributed by atoms with Gasteiger partial charge in [0.15, 0.2) is 0 Å². The minimum atomic E-state index is -0.800. The lowest BCUT2D eigenvalue weighted by Gasteiger charge is -2.10. The number of hydrogen-bond donors (Lipinski definition) is 1. The van der Waals surface area contributed by atoms with Gasteiger partial charge in [0.05, 0.1) is 5.69 Å². The van der Waals surface area contributed by atoms with Crippen LogP contribution in [0.1, 0.15) is 15.9 Å². The molecule has 2 aromatic heterocycles. The Bertz CT molecular complexity index is 1020. The van der Waals surface area contributed by atoms with Gasteiger partial charge in [-0.2, -0.15) is 5.10 Å². The van der Waals surface area contributed by atoms with Crippen LogP contribution in [0.15, 0.2) is 53.6 Å². The molecule has 0 unspecified atom stereocenters. The third-order valence-electron chi connectivity index (χ3n) is 3.82. The van der Waals surface area contributed by atoms with Crippen molar-refractivity contribution in [1.82, 2.24) is 14.8 Å². The second kappa shape index (κ2) is 7.68. The molecular formula is C18H14Cl2N4O2. The van der Waals surface area contributed by atoms with Crippen molar-refractivity contribution in [3.8, 4) is 11.3 Å². The number of amides is 1. The smallest absolute Gasteiger partial charge is 0.279 e. The van der Waals surface area contributed by atoms with E-state index in [1.165, 1.54) is 10.7 Å². The number of carbonyl (C=O) groups excluding carboxylic acids is 1. The highest BCUT2D eigenvalue weighted by atomic mass is 35.5. The zero-order valence-corrected chi connectivity index (χ0v) is 15.0. The zero-order chi connectivity index (χ0) is 18.7. The fourth-order valence-electron chi connectivity index (χ4n) is 2.48. The normalized spacial score (nSPS) is 10.7. The van der Waals surface area contributed by atoms with E-state index < -0.39 is 11.5 Å². The zero-order valence-electron chi connectivity index (χ0n) is 13.5. The second-order valence-electron chi connectivity index (χ2n) is 5.56. The van der Waals surface area contributed by atoms with Crippen LogP contribution in [0.4, 0.5) is 0 Å². The van der Waals surface area contributed by atoms with E-state index in [2.05, 4.69) is 10.1 Å². The Hall–Kier alpha value is -2.70. The lowest BCUT2D eigenvalue weighted by molar-refractivity contribution is 0.0998. The van der Waals surface area contributed by atoms with Crippen LogP contribution in [0.2, 0.25) is 10.0 Å². The molecule has 3 rings (SSSR count). The summed E-state index contributed by atoms with van der Waals surface area (Å²) in [6.07, 6.45) is 3.65. The molecule has 0 atom stereocenters. The monoisotopic (exact) mass is 388 g/mol. The average Bonchev–Trinajstić information content (AvgIpc) is 2.62. The first-order chi connectivity index (χ1) is 12.5. The summed E-state index contributed by atoms with van der Waals surface area (Å²) in [7, 11) is 0. The van der Waals surface area contributed by atoms with E-state index >= 15 is 0 Å². The number of aromatic nitrogens is 3. The van der Waals surface area contributed by atoms with Crippen molar-refractivity contribution in [2.75, 3.05) is 0 Å². The first-order valence-corrected chi connectivity index (χ1v) is 8.47. The van der Waals surface area contributed by atoms with E-state index in [-0.39, 0.29) is 12.1 Å². The summed E-state index contributed by atoms with van der Waals surface area (Å²) in [6, 6.07) is 10.0. The third-order valence-corrected chi connectivity index (χ3v) is 4.41. The Balaban J connectivity index is 1.99. The average molecular weight is 389 g/mol. The van der Waals surface area contributed by atoms with Crippen LogP contribution >= 0.6 is 23.2 Å². The molecule has 0 saturated heterocycles. The largest absolute Gasteiger partial charge is 0.365 e. The Labute approximate surface area is 159 Å². The molecule has 26 heavy (non-hydrogen) atoms. The number of rotatable bonds is 5. The second-order valence-corrected chi connectivity index (χ2v) is 6.40. The molecule has 3 aromatic rings. The van der Waals surface area contributed by atoms with Crippen LogP contribution in [-0.2, 0) is 13.0 Å². The van der Waals surface area contributed by atoms with Crippen molar-refractivity contribution in [3.63, 3.8) is 0 Å². The van der Waals surface area contributed by atoms with Crippen LogP contribution in [0.5, 0.6) is 0 Å². The molecule has 6 nitrogen and oxygen atoms in total. The predicted octanol–water partition coefficient (Wildman–Crippen LogP) is 2.95. The Kier molecular flexibility index (Phi) is 5.35. The fourth-order valence-corrected chi connectivity index (χ4v) is 2.99. The van der Waals surface area contributed by atoms with Crippen molar-refractivity contribution in [2.45, 2.75) is 13.0 Å². The number of primary amides is 1. The molecule has 0 aliphatic carbocycles. The molecule has 0 aliphatic heterocycles. The molecule has 1 aromatic carbocycles. The van der Waals surface area contributed by atoms with Crippen molar-refractivity contribution in [1.29, 1.82) is 0 Å². The van der Waals surface area contributed by atoms with Gasteiger partial charge < -0.3 is 5.73 Å². The predicted molar refractivity (Wildman–Crippen MR) is 100 cm³/mol. The topological polar surface area (TPSA) is 90.9 Å². The molecule has 0 spiro atoms. The number of hydrogen-bond acceptors (Lipinski definition) is 4. The lowest BCUT2D eigenvalue weighted by atomic mass is 10.1. The molecule has 0 fully saturated rings. The van der Waals surface area contributed by atoms with Crippen LogP contribution in [0, 0.1) is 0 Å². The van der Waals surface area contributed by atoms with Gasteiger partial charge in [-0.05, 0) is 42.3 Å². The standard InChI is InChI=1S/C18H14Cl2N4O2/c19-13-2-1-11(15(20)9-13)5-8-24-18(26)14(17(21)25)10-16(23-24)12-3-6-22-7-4-12/h1-4,6-7,9-10H,5,8H2,(H2,21,25). The molecule has 0 aliphatic rings. The number of nitrogens with zero attached hydrogens (tertiary/aromatic N) is 3. The van der Waals surface area contributed by atoms with Crippen molar-refractivity contribution < 1.29 is 4.79 Å². The SMILES string of the molecule is NC(=O)c1cc(-c2ccncc2)nn(CCc2ccc(Cl)cc2Cl)c1=O. The highest BCUT2D eigenvalue weighted by molar-refractivity contribution is 6.35. The highest BCUT2D eigenvalue weighted by Crippen LogP contribution is 2.22. The van der Waals surface area contributed by atoms with Gasteiger partial charge in [0.25, 0.3) is 11.5 Å². The van der Waals surface area contributed by atoms with Crippen LogP contribution in [0.3, 0.4) is 0 Å². The highest BCUT2D eigenvalue weighted by Gasteiger charge is 2.14. The first kappa shape index (κ1) is 18.1. The third kappa shape index (κ3) is 3.92. The van der Waals surface area contributed by atoms with E-state index in [1.54, 1.807) is 42.7 Å². The Morgan fingerprint density at radius 2 is 1.85 bits per heavy atom. The molecular weight excluding hydrogens is 375 g/mol. The number of benzene rings is 1. The summed E-state index contributed by atoms with van der Waals surface area (Å²) in [4.78, 5) is 28.1. The van der Waals surface area contributed by atoms with Crippen molar-refractivity contribution in [3.05, 3.63) is 80.3 Å². The van der Waals surface area contributed by atoms with Crippen LogP contribution < -0.4 is 11.3 Å². The molecule has 1 amide bonds. The summed E-state index contributed by atoms with van der Waals surface area (Å²) >= 11 is 12.1. The maximum absolute atomic E-state index is 12.5. The van der Waals surface area contributed by atoms with Crippen LogP contribution in [-0.4, -0.2) is 20.7 Å². The number of pyridine rings is 1. The summed E-state index contributed by atoms with van der Waals surface area (Å²) in [5.41, 5.74) is 6.70. The maximum Gasteiger partial charge on any atom is 0.279 e. The first-order valence-electron chi connectivity index (χ1n) is 7.72. The number of halogens is 2. The van der Waals surface area contributed by atoms with E-state index in [0.29, 0.717) is 22.2 Å². The summed E-state index contributed by atoms with van der Waals surface area (Å²) in [5.74, 6) is -0.800. The van der Waals surface area contributed by atoms with Crippen LogP contribution in [0.25, 0.3) is 11.3 Å². The van der Waals surface area contributed by atoms with E-state index in [0.717, 1.165) is 11.1 Å². The fraction of sp³-hybridized carbons (Fsp3) is 0.111. The maximum atomic E-state index is 12.5. The molecule has 8 heteroatoms. The van der Waals surface area contributed by atoms with E-state index in [1.807, 2.05) is 0 Å². The number of carbonyl (C=O) groups is 1. The minimum absolute atomic E-state index is 0.117. The van der Waals surface area contributed by atoms with E-state index in [4.69, 9.17) is 28.9 Å². The molecule has 2 heterocycles. The van der Waals surface area contributed by atoms with E-state index in [9.17, 15) is 9.59 Å². The molecule has 0 radical (unpaired) electrons. The Morgan fingerprint density at radius 1 is 1.12 bits per heavy atom. The number of nitrogens with two attached hydrogens (primary N) is 1. The molecule has 132 valence electrons. The van der Waals surface area contributed by atoms with Gasteiger partial charge in [-0.1, -0.05) is 29.3 Å². The molecule has 2 N–H and O–H groups in total. The van der Waals surface area contributed by atoms with Gasteiger partial charge in [-0.3, -0.25) is 14.6 Å². The van der Waals surface area contributed by atoms with Gasteiger partial charge in [0, 0.05) is 34.5 Å². The minimum Gasteiger partial charge on any atom is -0.365 e. The summed E-state index contributed by atoms with van der Waals surface area (Å²) < 4.78 is 1.22. The van der Waals surface area contributed by atoms with Gasteiger partial charge in [0.2, 0.25) is 0 Å². The van der Waals surface area contributed by atoms with Gasteiger partial charge in [-0.25, -0.2) is 4.68 Å². The van der Waals surface area contributed by atoms with Crippen molar-refractivity contribution in [2.24, 2.45) is 5.73 Å².